The van der Waals surface area contributed by atoms with E-state index in [4.69, 9.17) is 35.3 Å². The minimum atomic E-state index is -0.116. The van der Waals surface area contributed by atoms with Crippen LogP contribution in [0.15, 0.2) is 94.1 Å². The van der Waals surface area contributed by atoms with Crippen LogP contribution in [0.5, 0.6) is 40.4 Å². The average molecular weight is 1040 g/mol. The molecule has 0 aliphatic heterocycles. The fourth-order valence-electron chi connectivity index (χ4n) is 5.56. The molecule has 0 saturated heterocycles. The van der Waals surface area contributed by atoms with Gasteiger partial charge in [0.2, 0.25) is 29.6 Å². The zero-order valence-electron chi connectivity index (χ0n) is 37.7. The number of aromatic nitrogens is 4. The summed E-state index contributed by atoms with van der Waals surface area (Å²) in [4.78, 5) is 38.8. The van der Waals surface area contributed by atoms with E-state index in [2.05, 4.69) is 73.1 Å². The summed E-state index contributed by atoms with van der Waals surface area (Å²) in [6.45, 7) is 7.50. The number of carbonyl (C=O) groups excluding carboxylic acids is 2. The van der Waals surface area contributed by atoms with Crippen molar-refractivity contribution in [3.8, 4) is 40.4 Å². The van der Waals surface area contributed by atoms with E-state index in [1.165, 1.54) is 13.8 Å². The number of hydrogen-bond acceptors (Lipinski definition) is 14. The van der Waals surface area contributed by atoms with Gasteiger partial charge in [-0.15, -0.1) is 0 Å². The van der Waals surface area contributed by atoms with Crippen molar-refractivity contribution >= 4 is 78.5 Å². The van der Waals surface area contributed by atoms with Crippen LogP contribution in [0.3, 0.4) is 0 Å². The number of nitrogens with one attached hydrogen (secondary N) is 4. The summed E-state index contributed by atoms with van der Waals surface area (Å²) in [6.07, 6.45) is 3.19. The van der Waals surface area contributed by atoms with Gasteiger partial charge in [-0.2, -0.15) is 9.97 Å². The second-order valence-electron chi connectivity index (χ2n) is 13.1. The number of aryl methyl sites for hydroxylation is 2. The quantitative estimate of drug-likeness (QED) is 0.0561. The molecule has 2 aromatic heterocycles. The number of carbonyl (C=O) groups is 2. The Morgan fingerprint density at radius 3 is 1.62 bits per heavy atom. The number of anilines is 4. The number of rotatable bonds is 14. The molecule has 334 valence electrons. The van der Waals surface area contributed by atoms with Crippen LogP contribution in [0.25, 0.3) is 0 Å². The number of halogens is 3. The van der Waals surface area contributed by atoms with Crippen molar-refractivity contribution in [3.05, 3.63) is 122 Å². The van der Waals surface area contributed by atoms with Crippen molar-refractivity contribution in [1.29, 1.82) is 0 Å². The smallest absolute Gasteiger partial charge is 1.00 e. The van der Waals surface area contributed by atoms with E-state index in [0.717, 1.165) is 33.6 Å². The molecule has 2 heterocycles. The van der Waals surface area contributed by atoms with Crippen molar-refractivity contribution in [2.24, 2.45) is 0 Å². The van der Waals surface area contributed by atoms with Gasteiger partial charge in [-0.1, -0.05) is 48.0 Å². The fourth-order valence-corrected chi connectivity index (χ4v) is 6.15. The van der Waals surface area contributed by atoms with Crippen LogP contribution >= 0.6 is 43.5 Å². The SMILES string of the molecule is CC(=O)NCc1ccccc1O.COc1cc(Nc2ncc(Br)c(Cl)n2)cc(C)c1OC.COc1cc(Nc2ncc(Br)c(Oc3ccccc3CNC(C)=O)n2)cc(C)c1OC.[H-].[Na+]. The number of aromatic hydroxyl groups is 1. The standard InChI is InChI=1S/C22H23BrN4O4.C13H13BrClN3O2.C9H11NO2.Na.H/c1-13-9-16(10-19(29-3)20(13)30-4)26-22-25-12-17(23)21(27-22)31-18-8-6-5-7-15(18)11-24-14(2)28;1-7-4-8(5-10(19-2)11(7)20-3)17-13-16-6-9(14)12(15)18-13;1-7(11)10-6-8-4-2-3-5-9(8)12;;/h5-10,12H,11H2,1-4H3,(H,24,28)(H,25,26,27);4-6H,1-3H3,(H,16,17,18);2-5,12H,6H2,1H3,(H,10,11);;/q;;;+1;-1. The molecule has 6 rings (SSSR count). The van der Waals surface area contributed by atoms with Crippen LogP contribution in [0, 0.1) is 13.8 Å². The summed E-state index contributed by atoms with van der Waals surface area (Å²) >= 11 is 12.6. The summed E-state index contributed by atoms with van der Waals surface area (Å²) in [5.41, 5.74) is 4.94. The van der Waals surface area contributed by atoms with Gasteiger partial charge in [-0.05, 0) is 81.1 Å². The summed E-state index contributed by atoms with van der Waals surface area (Å²) in [5.74, 6) is 4.29. The predicted molar refractivity (Wildman–Crippen MR) is 250 cm³/mol. The van der Waals surface area contributed by atoms with Gasteiger partial charge in [0.15, 0.2) is 23.0 Å². The van der Waals surface area contributed by atoms with Gasteiger partial charge in [-0.3, -0.25) is 9.59 Å². The molecule has 20 heteroatoms. The molecule has 0 unspecified atom stereocenters. The Bertz CT molecular complexity index is 2530. The fraction of sp³-hybridized carbons (Fsp3) is 0.227. The summed E-state index contributed by atoms with van der Waals surface area (Å²) in [7, 11) is 6.38. The van der Waals surface area contributed by atoms with E-state index in [0.29, 0.717) is 73.7 Å². The van der Waals surface area contributed by atoms with Crippen molar-refractivity contribution in [3.63, 3.8) is 0 Å². The molecule has 4 aromatic carbocycles. The molecular weight excluding hydrogens is 987 g/mol. The zero-order valence-corrected chi connectivity index (χ0v) is 42.7. The Morgan fingerprint density at radius 1 is 0.672 bits per heavy atom. The minimum absolute atomic E-state index is 0. The summed E-state index contributed by atoms with van der Waals surface area (Å²) in [5, 5.41) is 21.2. The Kier molecular flexibility index (Phi) is 21.9. The van der Waals surface area contributed by atoms with E-state index in [1.807, 2.05) is 62.4 Å². The molecular formula is C44H48Br2ClN8NaO8. The van der Waals surface area contributed by atoms with Crippen LogP contribution in [0.2, 0.25) is 5.15 Å². The molecule has 0 radical (unpaired) electrons. The zero-order chi connectivity index (χ0) is 46.1. The van der Waals surface area contributed by atoms with Crippen LogP contribution in [0.1, 0.15) is 37.5 Å². The Balaban J connectivity index is 0.000000366. The first-order valence-electron chi connectivity index (χ1n) is 18.9. The van der Waals surface area contributed by atoms with E-state index in [9.17, 15) is 14.7 Å². The first-order chi connectivity index (χ1) is 30.1. The van der Waals surface area contributed by atoms with E-state index in [-0.39, 0.29) is 48.5 Å². The predicted octanol–water partition coefficient (Wildman–Crippen LogP) is 6.84. The molecule has 16 nitrogen and oxygen atoms in total. The van der Waals surface area contributed by atoms with Crippen molar-refractivity contribution in [2.75, 3.05) is 39.1 Å². The number of nitrogens with zero attached hydrogens (tertiary/aromatic N) is 4. The van der Waals surface area contributed by atoms with Crippen LogP contribution in [-0.4, -0.2) is 65.3 Å². The van der Waals surface area contributed by atoms with Gasteiger partial charge in [0.25, 0.3) is 0 Å². The Hall–Kier alpha value is -5.37. The largest absolute Gasteiger partial charge is 1.00 e. The topological polar surface area (TPSA) is 200 Å². The molecule has 64 heavy (non-hydrogen) atoms. The van der Waals surface area contributed by atoms with Crippen LogP contribution < -0.4 is 74.5 Å². The second-order valence-corrected chi connectivity index (χ2v) is 15.2. The summed E-state index contributed by atoms with van der Waals surface area (Å²) in [6, 6.07) is 21.8. The van der Waals surface area contributed by atoms with E-state index in [1.54, 1.807) is 65.1 Å². The first-order valence-corrected chi connectivity index (χ1v) is 20.8. The molecule has 0 fully saturated rings. The third-order valence-corrected chi connectivity index (χ3v) is 10.1. The Morgan fingerprint density at radius 2 is 1.14 bits per heavy atom. The molecule has 0 saturated carbocycles. The molecule has 5 N–H and O–H groups in total. The van der Waals surface area contributed by atoms with Gasteiger partial charge in [0, 0.05) is 67.8 Å². The van der Waals surface area contributed by atoms with Gasteiger partial charge in [-0.25, -0.2) is 9.97 Å². The number of ether oxygens (including phenoxy) is 5. The van der Waals surface area contributed by atoms with E-state index >= 15 is 0 Å². The van der Waals surface area contributed by atoms with Crippen molar-refractivity contribution in [2.45, 2.75) is 40.8 Å². The molecule has 0 aliphatic carbocycles. The second kappa shape index (κ2) is 26.4. The first kappa shape index (κ1) is 53.0. The number of amides is 2. The van der Waals surface area contributed by atoms with Crippen molar-refractivity contribution in [1.82, 2.24) is 30.6 Å². The van der Waals surface area contributed by atoms with Gasteiger partial charge in [0.05, 0.1) is 43.6 Å². The molecule has 0 aliphatic rings. The molecule has 2 amide bonds. The van der Waals surface area contributed by atoms with Gasteiger partial charge < -0.3 is 51.5 Å². The number of methoxy groups -OCH3 is 4. The van der Waals surface area contributed by atoms with E-state index < -0.39 is 0 Å². The van der Waals surface area contributed by atoms with Crippen molar-refractivity contribution < 1.29 is 69.4 Å². The number of phenolic OH excluding ortho intramolecular Hbond substituents is 1. The number of hydrogen-bond donors (Lipinski definition) is 5. The maximum Gasteiger partial charge on any atom is 1.00 e. The average Bonchev–Trinajstić information content (AvgIpc) is 3.25. The minimum Gasteiger partial charge on any atom is -1.00 e. The van der Waals surface area contributed by atoms with Gasteiger partial charge >= 0.3 is 29.6 Å². The molecule has 0 bridgehead atoms. The maximum atomic E-state index is 11.3. The third kappa shape index (κ3) is 16.0. The maximum absolute atomic E-state index is 11.3. The van der Waals surface area contributed by atoms with Gasteiger partial charge in [0.1, 0.15) is 16.7 Å². The van der Waals surface area contributed by atoms with Crippen LogP contribution in [0.4, 0.5) is 23.3 Å². The third-order valence-electron chi connectivity index (χ3n) is 8.48. The number of phenols is 1. The normalized spacial score (nSPS) is 9.98. The monoisotopic (exact) mass is 1030 g/mol. The number of benzene rings is 4. The number of para-hydroxylation sites is 2. The summed E-state index contributed by atoms with van der Waals surface area (Å²) < 4.78 is 28.6. The molecule has 6 aromatic rings. The Labute approximate surface area is 417 Å². The molecule has 0 atom stereocenters. The molecule has 0 spiro atoms. The van der Waals surface area contributed by atoms with Crippen LogP contribution in [-0.2, 0) is 22.7 Å².